The molecule has 1 unspecified atom stereocenters. The number of carboxylic acids is 1. The second-order valence-corrected chi connectivity index (χ2v) is 5.98. The smallest absolute Gasteiger partial charge is 0.308 e. The lowest BCUT2D eigenvalue weighted by atomic mass is 10.1. The van der Waals surface area contributed by atoms with Gasteiger partial charge in [0.25, 0.3) is 5.91 Å². The first-order valence-corrected chi connectivity index (χ1v) is 7.66. The summed E-state index contributed by atoms with van der Waals surface area (Å²) in [6, 6.07) is 5.91. The van der Waals surface area contributed by atoms with E-state index in [-0.39, 0.29) is 18.3 Å². The Kier molecular flexibility index (Phi) is 3.89. The van der Waals surface area contributed by atoms with Crippen LogP contribution in [-0.4, -0.2) is 40.0 Å². The third-order valence-electron chi connectivity index (χ3n) is 3.64. The topological polar surface area (TPSA) is 70.5 Å². The van der Waals surface area contributed by atoms with Crippen molar-refractivity contribution in [1.29, 1.82) is 0 Å². The molecule has 1 saturated heterocycles. The van der Waals surface area contributed by atoms with Gasteiger partial charge < -0.3 is 10.0 Å². The molecule has 114 valence electrons. The molecule has 7 heteroatoms. The van der Waals surface area contributed by atoms with E-state index in [1.807, 2.05) is 0 Å². The molecule has 1 amide bonds. The van der Waals surface area contributed by atoms with E-state index < -0.39 is 11.9 Å². The van der Waals surface area contributed by atoms with Gasteiger partial charge in [0.05, 0.1) is 5.92 Å². The summed E-state index contributed by atoms with van der Waals surface area (Å²) in [4.78, 5) is 29.1. The predicted octanol–water partition coefficient (Wildman–Crippen LogP) is 2.50. The molecule has 0 radical (unpaired) electrons. The number of aromatic nitrogens is 1. The largest absolute Gasteiger partial charge is 0.481 e. The summed E-state index contributed by atoms with van der Waals surface area (Å²) in [6.45, 7) is 0.650. The maximum atomic E-state index is 12.9. The van der Waals surface area contributed by atoms with Crippen LogP contribution >= 0.6 is 11.3 Å². The fourth-order valence-electron chi connectivity index (χ4n) is 2.41. The molecule has 5 nitrogen and oxygen atoms in total. The molecule has 1 N–H and O–H groups in total. The zero-order chi connectivity index (χ0) is 15.7. The highest BCUT2D eigenvalue weighted by atomic mass is 32.1. The van der Waals surface area contributed by atoms with Crippen LogP contribution in [0.15, 0.2) is 29.6 Å². The molecule has 1 aliphatic heterocycles. The van der Waals surface area contributed by atoms with Gasteiger partial charge in [-0.3, -0.25) is 9.59 Å². The molecule has 0 bridgehead atoms. The van der Waals surface area contributed by atoms with Crippen LogP contribution in [0.4, 0.5) is 4.39 Å². The number of rotatable bonds is 3. The standard InChI is InChI=1S/C15H13FN2O3S/c16-11-3-1-9(2-4-11)13-17-12(8-22-13)14(19)18-6-5-10(7-18)15(20)21/h1-4,8,10H,5-7H2,(H,20,21). The monoisotopic (exact) mass is 320 g/mol. The van der Waals surface area contributed by atoms with Crippen molar-refractivity contribution in [3.8, 4) is 10.6 Å². The number of carbonyl (C=O) groups excluding carboxylic acids is 1. The van der Waals surface area contributed by atoms with E-state index in [2.05, 4.69) is 4.98 Å². The summed E-state index contributed by atoms with van der Waals surface area (Å²) >= 11 is 1.31. The Morgan fingerprint density at radius 2 is 2.05 bits per heavy atom. The van der Waals surface area contributed by atoms with Gasteiger partial charge in [-0.1, -0.05) is 0 Å². The van der Waals surface area contributed by atoms with Gasteiger partial charge >= 0.3 is 5.97 Å². The van der Waals surface area contributed by atoms with Gasteiger partial charge in [-0.2, -0.15) is 0 Å². The van der Waals surface area contributed by atoms with Gasteiger partial charge in [0.15, 0.2) is 0 Å². The number of thiazole rings is 1. The van der Waals surface area contributed by atoms with Crippen LogP contribution in [0.5, 0.6) is 0 Å². The van der Waals surface area contributed by atoms with E-state index in [0.29, 0.717) is 23.7 Å². The molecule has 0 spiro atoms. The van der Waals surface area contributed by atoms with Gasteiger partial charge in [-0.15, -0.1) is 11.3 Å². The van der Waals surface area contributed by atoms with E-state index in [4.69, 9.17) is 5.11 Å². The van der Waals surface area contributed by atoms with Crippen molar-refractivity contribution < 1.29 is 19.1 Å². The van der Waals surface area contributed by atoms with Gasteiger partial charge in [0.1, 0.15) is 16.5 Å². The van der Waals surface area contributed by atoms with Crippen molar-refractivity contribution >= 4 is 23.2 Å². The van der Waals surface area contributed by atoms with Gasteiger partial charge in [-0.25, -0.2) is 9.37 Å². The number of carboxylic acid groups (broad SMARTS) is 1. The molecule has 1 aliphatic rings. The van der Waals surface area contributed by atoms with Gasteiger partial charge in [0.2, 0.25) is 0 Å². The molecule has 1 fully saturated rings. The van der Waals surface area contributed by atoms with E-state index in [1.54, 1.807) is 17.5 Å². The van der Waals surface area contributed by atoms with Crippen LogP contribution in [0.1, 0.15) is 16.9 Å². The quantitative estimate of drug-likeness (QED) is 0.943. The first-order valence-electron chi connectivity index (χ1n) is 6.78. The first kappa shape index (κ1) is 14.6. The SMILES string of the molecule is O=C(O)C1CCN(C(=O)c2csc(-c3ccc(F)cc3)n2)C1. The molecular formula is C15H13FN2O3S. The Balaban J connectivity index is 1.75. The third-order valence-corrected chi connectivity index (χ3v) is 4.53. The number of benzene rings is 1. The average Bonchev–Trinajstić information content (AvgIpc) is 3.17. The van der Waals surface area contributed by atoms with Crippen molar-refractivity contribution in [1.82, 2.24) is 9.88 Å². The number of amides is 1. The number of carbonyl (C=O) groups is 2. The number of halogens is 1. The molecule has 0 aliphatic carbocycles. The van der Waals surface area contributed by atoms with Crippen molar-refractivity contribution in [3.63, 3.8) is 0 Å². The fraction of sp³-hybridized carbons (Fsp3) is 0.267. The van der Waals surface area contributed by atoms with Crippen LogP contribution in [-0.2, 0) is 4.79 Å². The lowest BCUT2D eigenvalue weighted by Gasteiger charge is -2.13. The highest BCUT2D eigenvalue weighted by Crippen LogP contribution is 2.26. The highest BCUT2D eigenvalue weighted by Gasteiger charge is 2.32. The molecule has 1 aromatic carbocycles. The van der Waals surface area contributed by atoms with Crippen LogP contribution in [0.3, 0.4) is 0 Å². The summed E-state index contributed by atoms with van der Waals surface area (Å²) in [5.41, 5.74) is 1.05. The minimum absolute atomic E-state index is 0.220. The Bertz CT molecular complexity index is 714. The van der Waals surface area contributed by atoms with Crippen molar-refractivity contribution in [3.05, 3.63) is 41.2 Å². The summed E-state index contributed by atoms with van der Waals surface area (Å²) in [7, 11) is 0. The minimum atomic E-state index is -0.874. The predicted molar refractivity (Wildman–Crippen MR) is 79.2 cm³/mol. The zero-order valence-electron chi connectivity index (χ0n) is 11.5. The van der Waals surface area contributed by atoms with Gasteiger partial charge in [-0.05, 0) is 30.7 Å². The number of likely N-dealkylation sites (tertiary alicyclic amines) is 1. The van der Waals surface area contributed by atoms with Crippen LogP contribution in [0.2, 0.25) is 0 Å². The van der Waals surface area contributed by atoms with Crippen LogP contribution in [0.25, 0.3) is 10.6 Å². The Labute approximate surface area is 130 Å². The number of nitrogens with zero attached hydrogens (tertiary/aromatic N) is 2. The molecular weight excluding hydrogens is 307 g/mol. The number of hydrogen-bond donors (Lipinski definition) is 1. The number of hydrogen-bond acceptors (Lipinski definition) is 4. The fourth-order valence-corrected chi connectivity index (χ4v) is 3.21. The molecule has 1 aromatic heterocycles. The maximum absolute atomic E-state index is 12.9. The molecule has 3 rings (SSSR count). The Morgan fingerprint density at radius 1 is 1.32 bits per heavy atom. The molecule has 22 heavy (non-hydrogen) atoms. The molecule has 1 atom stereocenters. The van der Waals surface area contributed by atoms with Crippen molar-refractivity contribution in [2.45, 2.75) is 6.42 Å². The van der Waals surface area contributed by atoms with Crippen molar-refractivity contribution in [2.75, 3.05) is 13.1 Å². The third kappa shape index (κ3) is 2.85. The van der Waals surface area contributed by atoms with E-state index in [9.17, 15) is 14.0 Å². The lowest BCUT2D eigenvalue weighted by Crippen LogP contribution is -2.30. The van der Waals surface area contributed by atoms with Gasteiger partial charge in [0, 0.05) is 24.0 Å². The van der Waals surface area contributed by atoms with Crippen molar-refractivity contribution in [2.24, 2.45) is 5.92 Å². The zero-order valence-corrected chi connectivity index (χ0v) is 12.3. The molecule has 0 saturated carbocycles. The summed E-state index contributed by atoms with van der Waals surface area (Å²) in [5, 5.41) is 11.3. The minimum Gasteiger partial charge on any atom is -0.481 e. The molecule has 2 heterocycles. The first-order chi connectivity index (χ1) is 10.5. The Hall–Kier alpha value is -2.28. The van der Waals surface area contributed by atoms with E-state index in [1.165, 1.54) is 28.4 Å². The summed E-state index contributed by atoms with van der Waals surface area (Å²) < 4.78 is 12.9. The second kappa shape index (κ2) is 5.84. The Morgan fingerprint density at radius 3 is 2.68 bits per heavy atom. The lowest BCUT2D eigenvalue weighted by molar-refractivity contribution is -0.141. The van der Waals surface area contributed by atoms with E-state index in [0.717, 1.165) is 5.56 Å². The summed E-state index contributed by atoms with van der Waals surface area (Å²) in [6.07, 6.45) is 0.468. The normalized spacial score (nSPS) is 17.7. The van der Waals surface area contributed by atoms with E-state index >= 15 is 0 Å². The van der Waals surface area contributed by atoms with Crippen LogP contribution in [0, 0.1) is 11.7 Å². The van der Waals surface area contributed by atoms with Crippen LogP contribution < -0.4 is 0 Å². The summed E-state index contributed by atoms with van der Waals surface area (Å²) in [5.74, 6) is -1.96. The highest BCUT2D eigenvalue weighted by molar-refractivity contribution is 7.13. The second-order valence-electron chi connectivity index (χ2n) is 5.12. The maximum Gasteiger partial charge on any atom is 0.308 e. The number of aliphatic carboxylic acids is 1. The molecule has 2 aromatic rings. The average molecular weight is 320 g/mol.